The predicted octanol–water partition coefficient (Wildman–Crippen LogP) is -0.503. The normalized spacial score (nSPS) is 33.1. The number of para-hydroxylation sites is 2. The minimum atomic E-state index is -1.63. The number of hydrazone groups is 2. The molecule has 2 aliphatic rings. The summed E-state index contributed by atoms with van der Waals surface area (Å²) in [4.78, 5) is 0. The first-order valence-corrected chi connectivity index (χ1v) is 11.5. The van der Waals surface area contributed by atoms with Crippen molar-refractivity contribution < 1.29 is 39.7 Å². The van der Waals surface area contributed by atoms with E-state index in [0.717, 1.165) is 5.69 Å². The summed E-state index contributed by atoms with van der Waals surface area (Å²) in [7, 11) is 0. The molecule has 2 aromatic rings. The molecule has 0 bridgehead atoms. The molecule has 0 amide bonds. The van der Waals surface area contributed by atoms with Gasteiger partial charge in [0.1, 0.15) is 48.4 Å². The van der Waals surface area contributed by atoms with E-state index in [2.05, 4.69) is 21.1 Å². The summed E-state index contributed by atoms with van der Waals surface area (Å²) in [6, 6.07) is 18.4. The van der Waals surface area contributed by atoms with Crippen LogP contribution in [0, 0.1) is 0 Å². The summed E-state index contributed by atoms with van der Waals surface area (Å²) < 4.78 is 17.0. The first-order valence-electron chi connectivity index (χ1n) is 11.5. The van der Waals surface area contributed by atoms with Gasteiger partial charge in [-0.1, -0.05) is 36.4 Å². The summed E-state index contributed by atoms with van der Waals surface area (Å²) in [5.41, 5.74) is 7.49. The molecule has 0 aliphatic carbocycles. The lowest BCUT2D eigenvalue weighted by Crippen LogP contribution is -2.60. The highest BCUT2D eigenvalue weighted by Gasteiger charge is 2.48. The third-order valence-electron chi connectivity index (χ3n) is 5.81. The van der Waals surface area contributed by atoms with E-state index in [1.54, 1.807) is 0 Å². The highest BCUT2D eigenvalue weighted by atomic mass is 16.7. The average Bonchev–Trinajstić information content (AvgIpc) is 3.27. The molecule has 8 unspecified atom stereocenters. The van der Waals surface area contributed by atoms with Crippen molar-refractivity contribution in [3.63, 3.8) is 0 Å². The summed E-state index contributed by atoms with van der Waals surface area (Å²) in [5.74, 6) is 0. The predicted molar refractivity (Wildman–Crippen MR) is 130 cm³/mol. The van der Waals surface area contributed by atoms with Crippen LogP contribution in [-0.2, 0) is 14.2 Å². The fraction of sp³-hybridized carbons (Fsp3) is 0.417. The van der Waals surface area contributed by atoms with Crippen molar-refractivity contribution in [3.05, 3.63) is 60.7 Å². The molecule has 2 aromatic carbocycles. The van der Waals surface area contributed by atoms with E-state index >= 15 is 0 Å². The second-order valence-corrected chi connectivity index (χ2v) is 8.37. The van der Waals surface area contributed by atoms with Gasteiger partial charge in [0.25, 0.3) is 0 Å². The molecule has 36 heavy (non-hydrogen) atoms. The van der Waals surface area contributed by atoms with Gasteiger partial charge in [0.2, 0.25) is 0 Å². The van der Waals surface area contributed by atoms with E-state index in [9.17, 15) is 25.5 Å². The second kappa shape index (κ2) is 12.3. The average molecular weight is 503 g/mol. The van der Waals surface area contributed by atoms with Gasteiger partial charge in [0.05, 0.1) is 30.8 Å². The van der Waals surface area contributed by atoms with Crippen LogP contribution >= 0.6 is 0 Å². The van der Waals surface area contributed by atoms with Crippen LogP contribution in [0.2, 0.25) is 0 Å². The molecular weight excluding hydrogens is 472 g/mol. The maximum absolute atomic E-state index is 10.6. The Morgan fingerprint density at radius 2 is 1.56 bits per heavy atom. The van der Waals surface area contributed by atoms with Gasteiger partial charge in [-0.15, -0.1) is 0 Å². The number of ether oxygens (including phenoxy) is 3. The number of nitrogens with zero attached hydrogens (tertiary/aromatic N) is 2. The lowest BCUT2D eigenvalue weighted by atomic mass is 9.99. The topological polar surface area (TPSA) is 178 Å². The molecule has 0 radical (unpaired) electrons. The number of aliphatic hydroxyl groups is 5. The molecule has 4 rings (SSSR count). The van der Waals surface area contributed by atoms with Crippen LogP contribution in [0.4, 0.5) is 11.4 Å². The van der Waals surface area contributed by atoms with Crippen LogP contribution in [-0.4, -0.2) is 99.7 Å². The number of hydrogen-bond donors (Lipinski definition) is 7. The second-order valence-electron chi connectivity index (χ2n) is 8.37. The quantitative estimate of drug-likeness (QED) is 0.175. The Bertz CT molecular complexity index is 1010. The molecule has 2 heterocycles. The number of benzene rings is 2. The number of anilines is 2. The SMILES string of the molecule is OCC1OC(OC2C(O)COC2C(C=NNc2ccccc2)=NNc2ccccc2)C(O)C(O)C1O. The summed E-state index contributed by atoms with van der Waals surface area (Å²) in [5, 5.41) is 59.1. The van der Waals surface area contributed by atoms with Gasteiger partial charge in [-0.05, 0) is 24.3 Å². The van der Waals surface area contributed by atoms with Gasteiger partial charge in [-0.25, -0.2) is 0 Å². The van der Waals surface area contributed by atoms with Crippen LogP contribution in [0.1, 0.15) is 0 Å². The lowest BCUT2D eigenvalue weighted by Gasteiger charge is -2.41. The highest BCUT2D eigenvalue weighted by Crippen LogP contribution is 2.27. The van der Waals surface area contributed by atoms with Crippen molar-refractivity contribution >= 4 is 23.3 Å². The maximum Gasteiger partial charge on any atom is 0.187 e. The van der Waals surface area contributed by atoms with E-state index in [4.69, 9.17) is 14.2 Å². The van der Waals surface area contributed by atoms with Crippen LogP contribution in [0.5, 0.6) is 0 Å². The van der Waals surface area contributed by atoms with Crippen molar-refractivity contribution in [3.8, 4) is 0 Å². The summed E-state index contributed by atoms with van der Waals surface area (Å²) in [6.07, 6.45) is -9.13. The number of hydrogen-bond acceptors (Lipinski definition) is 12. The Hall–Kier alpha value is -2.94. The largest absolute Gasteiger partial charge is 0.394 e. The van der Waals surface area contributed by atoms with Crippen molar-refractivity contribution in [1.82, 2.24) is 0 Å². The van der Waals surface area contributed by atoms with Crippen molar-refractivity contribution in [2.24, 2.45) is 10.2 Å². The van der Waals surface area contributed by atoms with Crippen LogP contribution in [0.25, 0.3) is 0 Å². The first-order chi connectivity index (χ1) is 17.5. The first kappa shape index (κ1) is 26.1. The lowest BCUT2D eigenvalue weighted by molar-refractivity contribution is -0.316. The molecule has 7 N–H and O–H groups in total. The number of nitrogens with one attached hydrogen (secondary N) is 2. The molecule has 0 aromatic heterocycles. The summed E-state index contributed by atoms with van der Waals surface area (Å²) >= 11 is 0. The fourth-order valence-corrected chi connectivity index (χ4v) is 3.84. The van der Waals surface area contributed by atoms with Crippen molar-refractivity contribution in [1.29, 1.82) is 0 Å². The van der Waals surface area contributed by atoms with Crippen LogP contribution in [0.3, 0.4) is 0 Å². The zero-order valence-corrected chi connectivity index (χ0v) is 19.2. The fourth-order valence-electron chi connectivity index (χ4n) is 3.84. The number of rotatable bonds is 9. The Morgan fingerprint density at radius 1 is 0.917 bits per heavy atom. The van der Waals surface area contributed by atoms with E-state index in [1.807, 2.05) is 60.7 Å². The Kier molecular flexibility index (Phi) is 8.96. The molecule has 194 valence electrons. The van der Waals surface area contributed by atoms with E-state index < -0.39 is 55.6 Å². The monoisotopic (exact) mass is 502 g/mol. The van der Waals surface area contributed by atoms with E-state index in [-0.39, 0.29) is 12.3 Å². The Labute approximate surface area is 207 Å². The molecule has 12 heteroatoms. The van der Waals surface area contributed by atoms with Crippen molar-refractivity contribution in [2.75, 3.05) is 24.1 Å². The number of aliphatic hydroxyl groups excluding tert-OH is 5. The molecule has 8 atom stereocenters. The molecule has 12 nitrogen and oxygen atoms in total. The minimum Gasteiger partial charge on any atom is -0.394 e. The molecule has 0 spiro atoms. The van der Waals surface area contributed by atoms with Crippen LogP contribution in [0.15, 0.2) is 70.9 Å². The van der Waals surface area contributed by atoms with Gasteiger partial charge in [0, 0.05) is 0 Å². The van der Waals surface area contributed by atoms with Gasteiger partial charge < -0.3 is 39.7 Å². The molecule has 2 fully saturated rings. The minimum absolute atomic E-state index is 0.100. The Morgan fingerprint density at radius 3 is 2.19 bits per heavy atom. The van der Waals surface area contributed by atoms with Crippen LogP contribution < -0.4 is 10.9 Å². The van der Waals surface area contributed by atoms with Gasteiger partial charge in [-0.2, -0.15) is 10.2 Å². The van der Waals surface area contributed by atoms with E-state index in [0.29, 0.717) is 5.69 Å². The third kappa shape index (κ3) is 6.24. The van der Waals surface area contributed by atoms with Gasteiger partial charge >= 0.3 is 0 Å². The maximum atomic E-state index is 10.6. The van der Waals surface area contributed by atoms with Gasteiger partial charge in [-0.3, -0.25) is 10.9 Å². The molecule has 0 saturated carbocycles. The molecule has 2 aliphatic heterocycles. The zero-order chi connectivity index (χ0) is 25.5. The molecular formula is C24H30N4O8. The standard InChI is InChI=1S/C24H30N4O8/c29-12-18-19(31)20(32)21(33)24(35-18)36-23-17(30)13-34-22(23)16(28-27-15-9-5-2-6-10-15)11-25-26-14-7-3-1-4-8-14/h1-11,17-24,26-27,29-33H,12-13H2. The Balaban J connectivity index is 1.54. The van der Waals surface area contributed by atoms with Gasteiger partial charge in [0.15, 0.2) is 6.29 Å². The van der Waals surface area contributed by atoms with E-state index in [1.165, 1.54) is 6.21 Å². The zero-order valence-electron chi connectivity index (χ0n) is 19.2. The smallest absolute Gasteiger partial charge is 0.187 e. The summed E-state index contributed by atoms with van der Waals surface area (Å²) in [6.45, 7) is -0.708. The molecule has 2 saturated heterocycles. The van der Waals surface area contributed by atoms with Crippen molar-refractivity contribution in [2.45, 2.75) is 49.0 Å². The highest BCUT2D eigenvalue weighted by molar-refractivity contribution is 6.33. The third-order valence-corrected chi connectivity index (χ3v) is 5.81.